The summed E-state index contributed by atoms with van der Waals surface area (Å²) in [6, 6.07) is 10.1. The molecule has 0 saturated carbocycles. The molecule has 0 bridgehead atoms. The van der Waals surface area contributed by atoms with Gasteiger partial charge < -0.3 is 0 Å². The first kappa shape index (κ1) is 8.51. The van der Waals surface area contributed by atoms with Crippen molar-refractivity contribution in [3.63, 3.8) is 0 Å². The first-order valence-corrected chi connectivity index (χ1v) is 4.83. The first-order valence-electron chi connectivity index (χ1n) is 4.04. The van der Waals surface area contributed by atoms with Gasteiger partial charge in [0.1, 0.15) is 10.4 Å². The zero-order valence-corrected chi connectivity index (χ0v) is 8.82. The fourth-order valence-electron chi connectivity index (χ4n) is 1.30. The van der Waals surface area contributed by atoms with E-state index in [1.54, 1.807) is 0 Å². The predicted molar refractivity (Wildman–Crippen MR) is 56.0 cm³/mol. The fraction of sp³-hybridized carbons (Fsp3) is 0.100. The molecule has 2 nitrogen and oxygen atoms in total. The summed E-state index contributed by atoms with van der Waals surface area (Å²) in [6.45, 7) is 1.98. The molecule has 1 heterocycles. The molecular formula is C10H9BrN2. The fourth-order valence-corrected chi connectivity index (χ4v) is 1.87. The third-order valence-corrected chi connectivity index (χ3v) is 2.47. The molecule has 0 spiro atoms. The molecule has 1 aromatic carbocycles. The number of rotatable bonds is 1. The van der Waals surface area contributed by atoms with Crippen molar-refractivity contribution in [2.75, 3.05) is 0 Å². The van der Waals surface area contributed by atoms with Crippen LogP contribution in [0.5, 0.6) is 0 Å². The van der Waals surface area contributed by atoms with Crippen molar-refractivity contribution >= 4 is 15.9 Å². The Balaban J connectivity index is 2.59. The Labute approximate surface area is 85.4 Å². The van der Waals surface area contributed by atoms with Gasteiger partial charge >= 0.3 is 0 Å². The maximum absolute atomic E-state index is 4.21. The predicted octanol–water partition coefficient (Wildman–Crippen LogP) is 2.94. The zero-order chi connectivity index (χ0) is 9.26. The lowest BCUT2D eigenvalue weighted by molar-refractivity contribution is 0.957. The molecule has 2 aromatic rings. The molecule has 0 unspecified atom stereocenters. The number of halogens is 1. The standard InChI is InChI=1S/C10H9BrN2/c1-8-12-7-10(11)13(8)9-5-3-2-4-6-9/h2-7H,1H3. The highest BCUT2D eigenvalue weighted by Crippen LogP contribution is 2.18. The lowest BCUT2D eigenvalue weighted by Gasteiger charge is -2.05. The van der Waals surface area contributed by atoms with Gasteiger partial charge in [-0.05, 0) is 35.0 Å². The molecule has 0 radical (unpaired) electrons. The van der Waals surface area contributed by atoms with E-state index < -0.39 is 0 Å². The number of benzene rings is 1. The number of aromatic nitrogens is 2. The Morgan fingerprint density at radius 2 is 1.92 bits per heavy atom. The van der Waals surface area contributed by atoms with Gasteiger partial charge in [0.2, 0.25) is 0 Å². The summed E-state index contributed by atoms with van der Waals surface area (Å²) in [6.07, 6.45) is 1.81. The quantitative estimate of drug-likeness (QED) is 0.745. The van der Waals surface area contributed by atoms with Gasteiger partial charge in [0, 0.05) is 5.69 Å². The van der Waals surface area contributed by atoms with E-state index >= 15 is 0 Å². The van der Waals surface area contributed by atoms with Crippen LogP contribution in [-0.2, 0) is 0 Å². The molecule has 1 aromatic heterocycles. The molecule has 0 atom stereocenters. The van der Waals surface area contributed by atoms with Crippen LogP contribution in [0.3, 0.4) is 0 Å². The maximum Gasteiger partial charge on any atom is 0.110 e. The van der Waals surface area contributed by atoms with Gasteiger partial charge in [-0.25, -0.2) is 4.98 Å². The molecule has 13 heavy (non-hydrogen) atoms. The van der Waals surface area contributed by atoms with E-state index in [-0.39, 0.29) is 0 Å². The van der Waals surface area contributed by atoms with Gasteiger partial charge in [-0.1, -0.05) is 18.2 Å². The molecule has 0 N–H and O–H groups in total. The summed E-state index contributed by atoms with van der Waals surface area (Å²) in [5.41, 5.74) is 1.13. The van der Waals surface area contributed by atoms with Crippen molar-refractivity contribution in [3.05, 3.63) is 47.0 Å². The number of hydrogen-bond donors (Lipinski definition) is 0. The summed E-state index contributed by atoms with van der Waals surface area (Å²) < 4.78 is 3.04. The third-order valence-electron chi connectivity index (χ3n) is 1.91. The third kappa shape index (κ3) is 1.52. The Hall–Kier alpha value is -1.09. The van der Waals surface area contributed by atoms with Gasteiger partial charge in [-0.3, -0.25) is 4.57 Å². The van der Waals surface area contributed by atoms with E-state index in [0.717, 1.165) is 16.1 Å². The van der Waals surface area contributed by atoms with Crippen LogP contribution in [0, 0.1) is 6.92 Å². The molecule has 0 saturated heterocycles. The van der Waals surface area contributed by atoms with Crippen LogP contribution < -0.4 is 0 Å². The minimum Gasteiger partial charge on any atom is -0.291 e. The van der Waals surface area contributed by atoms with Crippen molar-refractivity contribution in [2.24, 2.45) is 0 Å². The summed E-state index contributed by atoms with van der Waals surface area (Å²) in [4.78, 5) is 4.21. The molecule has 2 rings (SSSR count). The van der Waals surface area contributed by atoms with E-state index in [1.165, 1.54) is 0 Å². The molecule has 66 valence electrons. The van der Waals surface area contributed by atoms with Gasteiger partial charge in [0.15, 0.2) is 0 Å². The average Bonchev–Trinajstić information content (AvgIpc) is 2.48. The van der Waals surface area contributed by atoms with Crippen molar-refractivity contribution in [1.29, 1.82) is 0 Å². The van der Waals surface area contributed by atoms with Crippen LogP contribution in [0.2, 0.25) is 0 Å². The molecule has 0 amide bonds. The van der Waals surface area contributed by atoms with E-state index in [0.29, 0.717) is 0 Å². The minimum atomic E-state index is 0.983. The topological polar surface area (TPSA) is 17.8 Å². The maximum atomic E-state index is 4.21. The van der Waals surface area contributed by atoms with Crippen LogP contribution in [0.4, 0.5) is 0 Å². The molecule has 0 fully saturated rings. The van der Waals surface area contributed by atoms with Gasteiger partial charge in [-0.15, -0.1) is 0 Å². The second-order valence-electron chi connectivity index (χ2n) is 2.80. The molecule has 0 aliphatic rings. The van der Waals surface area contributed by atoms with Crippen molar-refractivity contribution in [2.45, 2.75) is 6.92 Å². The monoisotopic (exact) mass is 236 g/mol. The highest BCUT2D eigenvalue weighted by atomic mass is 79.9. The van der Waals surface area contributed by atoms with Crippen LogP contribution in [0.15, 0.2) is 41.1 Å². The number of imidazole rings is 1. The lowest BCUT2D eigenvalue weighted by atomic mass is 10.3. The second-order valence-corrected chi connectivity index (χ2v) is 3.61. The number of hydrogen-bond acceptors (Lipinski definition) is 1. The Kier molecular flexibility index (Phi) is 2.19. The lowest BCUT2D eigenvalue weighted by Crippen LogP contribution is -1.96. The van der Waals surface area contributed by atoms with Gasteiger partial charge in [0.25, 0.3) is 0 Å². The zero-order valence-electron chi connectivity index (χ0n) is 7.24. The van der Waals surface area contributed by atoms with Gasteiger partial charge in [-0.2, -0.15) is 0 Å². The molecule has 0 aliphatic carbocycles. The SMILES string of the molecule is Cc1ncc(Br)n1-c1ccccc1. The highest BCUT2D eigenvalue weighted by molar-refractivity contribution is 9.10. The Morgan fingerprint density at radius 1 is 1.23 bits per heavy atom. The van der Waals surface area contributed by atoms with Gasteiger partial charge in [0.05, 0.1) is 6.20 Å². The van der Waals surface area contributed by atoms with Crippen molar-refractivity contribution in [1.82, 2.24) is 9.55 Å². The van der Waals surface area contributed by atoms with Crippen LogP contribution in [-0.4, -0.2) is 9.55 Å². The molecule has 3 heteroatoms. The van der Waals surface area contributed by atoms with Crippen LogP contribution in [0.25, 0.3) is 5.69 Å². The number of aryl methyl sites for hydroxylation is 1. The van der Waals surface area contributed by atoms with E-state index in [2.05, 4.69) is 37.6 Å². The van der Waals surface area contributed by atoms with Crippen molar-refractivity contribution in [3.8, 4) is 5.69 Å². The van der Waals surface area contributed by atoms with Crippen molar-refractivity contribution < 1.29 is 0 Å². The van der Waals surface area contributed by atoms with Crippen LogP contribution in [0.1, 0.15) is 5.82 Å². The Bertz CT molecular complexity index is 387. The first-order chi connectivity index (χ1) is 6.29. The summed E-state index contributed by atoms with van der Waals surface area (Å²) in [5.74, 6) is 0.984. The van der Waals surface area contributed by atoms with E-state index in [9.17, 15) is 0 Å². The highest BCUT2D eigenvalue weighted by Gasteiger charge is 2.04. The number of para-hydroxylation sites is 1. The summed E-state index contributed by atoms with van der Waals surface area (Å²) in [7, 11) is 0. The largest absolute Gasteiger partial charge is 0.291 e. The normalized spacial score (nSPS) is 10.3. The minimum absolute atomic E-state index is 0.983. The van der Waals surface area contributed by atoms with E-state index in [1.807, 2.05) is 31.3 Å². The van der Waals surface area contributed by atoms with Crippen LogP contribution >= 0.6 is 15.9 Å². The Morgan fingerprint density at radius 3 is 2.46 bits per heavy atom. The smallest absolute Gasteiger partial charge is 0.110 e. The average molecular weight is 237 g/mol. The van der Waals surface area contributed by atoms with E-state index in [4.69, 9.17) is 0 Å². The second kappa shape index (κ2) is 3.34. The molecular weight excluding hydrogens is 228 g/mol. The summed E-state index contributed by atoms with van der Waals surface area (Å²) >= 11 is 3.45. The molecule has 0 aliphatic heterocycles. The number of nitrogens with zero attached hydrogens (tertiary/aromatic N) is 2. The summed E-state index contributed by atoms with van der Waals surface area (Å²) in [5, 5.41) is 0.